The van der Waals surface area contributed by atoms with Crippen LogP contribution in [0.4, 0.5) is 0 Å². The van der Waals surface area contributed by atoms with Gasteiger partial charge in [0.1, 0.15) is 6.33 Å². The number of aromatic nitrogens is 2. The van der Waals surface area contributed by atoms with E-state index in [4.69, 9.17) is 0 Å². The van der Waals surface area contributed by atoms with E-state index in [-0.39, 0.29) is 24.2 Å². The first-order valence-electron chi connectivity index (χ1n) is 11.2. The maximum absolute atomic E-state index is 13.0. The molecule has 2 amide bonds. The van der Waals surface area contributed by atoms with Crippen LogP contribution in [-0.4, -0.2) is 64.3 Å². The van der Waals surface area contributed by atoms with Crippen molar-refractivity contribution in [3.05, 3.63) is 96.1 Å². The number of hydrogen-bond donors (Lipinski definition) is 1. The average Bonchev–Trinajstić information content (AvgIpc) is 2.86. The second-order valence-corrected chi connectivity index (χ2v) is 8.33. The van der Waals surface area contributed by atoms with Gasteiger partial charge in [-0.2, -0.15) is 0 Å². The highest BCUT2D eigenvalue weighted by atomic mass is 16.2. The summed E-state index contributed by atoms with van der Waals surface area (Å²) >= 11 is 0. The first-order valence-corrected chi connectivity index (χ1v) is 11.2. The van der Waals surface area contributed by atoms with Crippen molar-refractivity contribution < 1.29 is 9.59 Å². The van der Waals surface area contributed by atoms with Gasteiger partial charge in [-0.25, -0.2) is 9.97 Å². The molecule has 2 aromatic carbocycles. The van der Waals surface area contributed by atoms with Crippen molar-refractivity contribution in [1.29, 1.82) is 0 Å². The van der Waals surface area contributed by atoms with Crippen LogP contribution in [0, 0.1) is 0 Å². The fourth-order valence-electron chi connectivity index (χ4n) is 4.28. The van der Waals surface area contributed by atoms with E-state index < -0.39 is 6.04 Å². The van der Waals surface area contributed by atoms with Gasteiger partial charge in [0.25, 0.3) is 0 Å². The van der Waals surface area contributed by atoms with Crippen molar-refractivity contribution in [2.75, 3.05) is 26.7 Å². The Morgan fingerprint density at radius 1 is 1.09 bits per heavy atom. The topological polar surface area (TPSA) is 78.4 Å². The van der Waals surface area contributed by atoms with E-state index in [0.29, 0.717) is 26.2 Å². The van der Waals surface area contributed by atoms with Gasteiger partial charge in [0.05, 0.1) is 24.7 Å². The number of benzene rings is 2. The number of piperazine rings is 1. The molecule has 1 atom stereocenters. The van der Waals surface area contributed by atoms with Crippen molar-refractivity contribution in [2.24, 2.45) is 0 Å². The molecule has 7 nitrogen and oxygen atoms in total. The fraction of sp³-hybridized carbons (Fsp3) is 0.308. The van der Waals surface area contributed by atoms with Gasteiger partial charge in [-0.05, 0) is 17.2 Å². The molecule has 33 heavy (non-hydrogen) atoms. The minimum atomic E-state index is -0.506. The summed E-state index contributed by atoms with van der Waals surface area (Å²) in [6.45, 7) is 2.33. The Balaban J connectivity index is 1.51. The highest BCUT2D eigenvalue weighted by molar-refractivity contribution is 5.88. The average molecular weight is 444 g/mol. The number of amides is 2. The van der Waals surface area contributed by atoms with Crippen LogP contribution in [0.15, 0.2) is 79.3 Å². The number of carbonyl (C=O) groups is 2. The van der Waals surface area contributed by atoms with E-state index in [1.54, 1.807) is 24.2 Å². The Bertz CT molecular complexity index is 1010. The zero-order valence-corrected chi connectivity index (χ0v) is 18.8. The van der Waals surface area contributed by atoms with E-state index in [1.165, 1.54) is 17.5 Å². The van der Waals surface area contributed by atoms with Gasteiger partial charge in [-0.3, -0.25) is 14.5 Å². The summed E-state index contributed by atoms with van der Waals surface area (Å²) in [6, 6.07) is 21.9. The second kappa shape index (κ2) is 10.8. The summed E-state index contributed by atoms with van der Waals surface area (Å²) in [5.74, 6) is -0.0730. The number of nitrogens with zero attached hydrogens (tertiary/aromatic N) is 4. The van der Waals surface area contributed by atoms with Crippen LogP contribution in [-0.2, 0) is 16.1 Å². The highest BCUT2D eigenvalue weighted by Gasteiger charge is 2.34. The monoisotopic (exact) mass is 443 g/mol. The summed E-state index contributed by atoms with van der Waals surface area (Å²) in [5, 5.41) is 2.94. The van der Waals surface area contributed by atoms with Gasteiger partial charge >= 0.3 is 0 Å². The first-order chi connectivity index (χ1) is 16.1. The number of hydrogen-bond acceptors (Lipinski definition) is 5. The fourth-order valence-corrected chi connectivity index (χ4v) is 4.28. The minimum Gasteiger partial charge on any atom is -0.353 e. The lowest BCUT2D eigenvalue weighted by molar-refractivity contribution is -0.138. The SMILES string of the molecule is CN(Cc1ccncn1)C(=O)CC1C(=O)NCCN1CC(c1ccccc1)c1ccccc1. The van der Waals surface area contributed by atoms with Crippen molar-refractivity contribution >= 4 is 11.8 Å². The van der Waals surface area contributed by atoms with Gasteiger partial charge in [-0.15, -0.1) is 0 Å². The molecule has 1 unspecified atom stereocenters. The summed E-state index contributed by atoms with van der Waals surface area (Å²) in [7, 11) is 1.74. The molecule has 1 fully saturated rings. The van der Waals surface area contributed by atoms with Crippen LogP contribution >= 0.6 is 0 Å². The standard InChI is InChI=1S/C26H29N5O2/c1-30(17-22-12-13-27-19-29-22)25(32)16-24-26(33)28-14-15-31(24)18-23(20-8-4-2-5-9-20)21-10-6-3-7-11-21/h2-13,19,23-24H,14-18H2,1H3,(H,28,33). The molecule has 0 aliphatic carbocycles. The van der Waals surface area contributed by atoms with Crippen LogP contribution in [0.5, 0.6) is 0 Å². The normalized spacial score (nSPS) is 16.4. The number of rotatable bonds is 8. The molecule has 0 saturated carbocycles. The Kier molecular flexibility index (Phi) is 7.42. The minimum absolute atomic E-state index is 0.0864. The molecule has 0 bridgehead atoms. The Morgan fingerprint density at radius 3 is 2.36 bits per heavy atom. The largest absolute Gasteiger partial charge is 0.353 e. The zero-order chi connectivity index (χ0) is 23.0. The molecule has 4 rings (SSSR count). The summed E-state index contributed by atoms with van der Waals surface area (Å²) < 4.78 is 0. The maximum Gasteiger partial charge on any atom is 0.237 e. The van der Waals surface area contributed by atoms with E-state index in [0.717, 1.165) is 5.69 Å². The van der Waals surface area contributed by atoms with Gasteiger partial charge in [0, 0.05) is 38.8 Å². The molecule has 0 radical (unpaired) electrons. The number of carbonyl (C=O) groups excluding carboxylic acids is 2. The molecule has 170 valence electrons. The van der Waals surface area contributed by atoms with Gasteiger partial charge in [0.15, 0.2) is 0 Å². The first kappa shape index (κ1) is 22.6. The summed E-state index contributed by atoms with van der Waals surface area (Å²) in [6.07, 6.45) is 3.26. The molecule has 3 aromatic rings. The summed E-state index contributed by atoms with van der Waals surface area (Å²) in [5.41, 5.74) is 3.15. The van der Waals surface area contributed by atoms with E-state index in [9.17, 15) is 9.59 Å². The van der Waals surface area contributed by atoms with Crippen molar-refractivity contribution in [3.8, 4) is 0 Å². The van der Waals surface area contributed by atoms with Crippen LogP contribution in [0.3, 0.4) is 0 Å². The maximum atomic E-state index is 13.0. The predicted octanol–water partition coefficient (Wildman–Crippen LogP) is 2.46. The molecule has 1 aromatic heterocycles. The van der Waals surface area contributed by atoms with E-state index >= 15 is 0 Å². The highest BCUT2D eigenvalue weighted by Crippen LogP contribution is 2.27. The molecule has 2 heterocycles. The lowest BCUT2D eigenvalue weighted by Gasteiger charge is -2.37. The number of nitrogens with one attached hydrogen (secondary N) is 1. The molecule has 1 aliphatic rings. The van der Waals surface area contributed by atoms with E-state index in [1.807, 2.05) is 36.4 Å². The second-order valence-electron chi connectivity index (χ2n) is 8.33. The van der Waals surface area contributed by atoms with Gasteiger partial charge in [0.2, 0.25) is 11.8 Å². The van der Waals surface area contributed by atoms with Gasteiger partial charge < -0.3 is 10.2 Å². The summed E-state index contributed by atoms with van der Waals surface area (Å²) in [4.78, 5) is 37.7. The molecular weight excluding hydrogens is 414 g/mol. The smallest absolute Gasteiger partial charge is 0.237 e. The van der Waals surface area contributed by atoms with Crippen molar-refractivity contribution in [3.63, 3.8) is 0 Å². The molecular formula is C26H29N5O2. The van der Waals surface area contributed by atoms with Crippen LogP contribution in [0.1, 0.15) is 29.2 Å². The third-order valence-corrected chi connectivity index (χ3v) is 6.10. The Hall–Kier alpha value is -3.58. The Morgan fingerprint density at radius 2 is 1.76 bits per heavy atom. The third kappa shape index (κ3) is 5.81. The zero-order valence-electron chi connectivity index (χ0n) is 18.8. The van der Waals surface area contributed by atoms with Crippen molar-refractivity contribution in [2.45, 2.75) is 24.9 Å². The lowest BCUT2D eigenvalue weighted by Crippen LogP contribution is -2.57. The molecule has 1 N–H and O–H groups in total. The van der Waals surface area contributed by atoms with E-state index in [2.05, 4.69) is 44.5 Å². The van der Waals surface area contributed by atoms with Gasteiger partial charge in [-0.1, -0.05) is 60.7 Å². The third-order valence-electron chi connectivity index (χ3n) is 6.10. The molecule has 0 spiro atoms. The van der Waals surface area contributed by atoms with Crippen LogP contribution < -0.4 is 5.32 Å². The molecule has 7 heteroatoms. The quantitative estimate of drug-likeness (QED) is 0.579. The molecule has 1 aliphatic heterocycles. The predicted molar refractivity (Wildman–Crippen MR) is 126 cm³/mol. The van der Waals surface area contributed by atoms with Crippen LogP contribution in [0.2, 0.25) is 0 Å². The Labute approximate surface area is 194 Å². The molecule has 1 saturated heterocycles. The van der Waals surface area contributed by atoms with Crippen molar-refractivity contribution in [1.82, 2.24) is 25.1 Å². The van der Waals surface area contributed by atoms with Crippen LogP contribution in [0.25, 0.3) is 0 Å². The lowest BCUT2D eigenvalue weighted by atomic mass is 9.90.